The van der Waals surface area contributed by atoms with Gasteiger partial charge in [-0.15, -0.1) is 0 Å². The van der Waals surface area contributed by atoms with Crippen LogP contribution in [0.2, 0.25) is 0 Å². The van der Waals surface area contributed by atoms with Crippen LogP contribution < -0.4 is 0 Å². The number of aromatic nitrogens is 1. The smallest absolute Gasteiger partial charge is 0.143 e. The number of hydrogen-bond donors (Lipinski definition) is 0. The lowest BCUT2D eigenvalue weighted by molar-refractivity contribution is 0.579. The van der Waals surface area contributed by atoms with Gasteiger partial charge in [-0.25, -0.2) is 0 Å². The zero-order valence-corrected chi connectivity index (χ0v) is 15.0. The van der Waals surface area contributed by atoms with Gasteiger partial charge in [-0.3, -0.25) is 4.98 Å². The highest BCUT2D eigenvalue weighted by molar-refractivity contribution is 6.02. The third-order valence-corrected chi connectivity index (χ3v) is 4.65. The molecule has 0 aliphatic rings. The summed E-state index contributed by atoms with van der Waals surface area (Å²) in [6, 6.07) is 14.0. The molecule has 126 valence electrons. The Morgan fingerprint density at radius 3 is 2.60 bits per heavy atom. The highest BCUT2D eigenvalue weighted by Gasteiger charge is 2.17. The van der Waals surface area contributed by atoms with Crippen molar-refractivity contribution in [2.45, 2.75) is 40.0 Å². The van der Waals surface area contributed by atoms with Gasteiger partial charge in [-0.2, -0.15) is 0 Å². The van der Waals surface area contributed by atoms with Crippen LogP contribution in [0.5, 0.6) is 0 Å². The molecule has 4 rings (SSSR count). The molecular weight excluding hydrogens is 306 g/mol. The molecule has 0 amide bonds. The van der Waals surface area contributed by atoms with Gasteiger partial charge < -0.3 is 4.42 Å². The molecule has 0 unspecified atom stereocenters. The van der Waals surface area contributed by atoms with Crippen molar-refractivity contribution >= 4 is 21.7 Å². The lowest BCUT2D eigenvalue weighted by Crippen LogP contribution is -2.10. The van der Waals surface area contributed by atoms with E-state index in [9.17, 15) is 0 Å². The molecule has 2 aromatic carbocycles. The molecule has 0 aliphatic carbocycles. The lowest BCUT2D eigenvalue weighted by Gasteiger charge is -2.20. The highest BCUT2D eigenvalue weighted by Crippen LogP contribution is 2.36. The van der Waals surface area contributed by atoms with E-state index >= 15 is 0 Å². The van der Waals surface area contributed by atoms with Crippen LogP contribution in [0.1, 0.15) is 41.8 Å². The van der Waals surface area contributed by atoms with Crippen LogP contribution in [-0.2, 0) is 5.41 Å². The zero-order valence-electron chi connectivity index (χ0n) is 18.0. The molecule has 0 N–H and O–H groups in total. The molecule has 0 atom stereocenters. The van der Waals surface area contributed by atoms with Gasteiger partial charge in [-0.1, -0.05) is 39.0 Å². The van der Waals surface area contributed by atoms with Crippen molar-refractivity contribution in [2.75, 3.05) is 0 Å². The normalized spacial score (nSPS) is 14.5. The van der Waals surface area contributed by atoms with Gasteiger partial charge in [0.15, 0.2) is 0 Å². The molecule has 0 saturated heterocycles. The summed E-state index contributed by atoms with van der Waals surface area (Å²) in [5.74, 6) is 0.00426. The third-order valence-electron chi connectivity index (χ3n) is 4.65. The Hall–Kier alpha value is -2.61. The fraction of sp³-hybridized carbons (Fsp3) is 0.261. The Morgan fingerprint density at radius 2 is 1.84 bits per heavy atom. The first kappa shape index (κ1) is 12.7. The maximum absolute atomic E-state index is 7.67. The molecule has 2 heterocycles. The van der Waals surface area contributed by atoms with E-state index in [0.717, 1.165) is 33.0 Å². The molecule has 0 radical (unpaired) electrons. The van der Waals surface area contributed by atoms with E-state index in [4.69, 9.17) is 8.53 Å². The summed E-state index contributed by atoms with van der Waals surface area (Å²) in [6.07, 6.45) is 1.80. The summed E-state index contributed by atoms with van der Waals surface area (Å²) in [7, 11) is 0. The van der Waals surface area contributed by atoms with E-state index in [0.29, 0.717) is 5.58 Å². The third kappa shape index (κ3) is 2.72. The van der Waals surface area contributed by atoms with Gasteiger partial charge in [0.05, 0.1) is 5.69 Å². The minimum absolute atomic E-state index is 0.00426. The van der Waals surface area contributed by atoms with Crippen molar-refractivity contribution in [3.8, 4) is 11.3 Å². The van der Waals surface area contributed by atoms with E-state index in [-0.39, 0.29) is 11.2 Å². The van der Waals surface area contributed by atoms with Crippen molar-refractivity contribution in [3.63, 3.8) is 0 Å². The van der Waals surface area contributed by atoms with Gasteiger partial charge in [0, 0.05) is 26.6 Å². The van der Waals surface area contributed by atoms with Crippen LogP contribution >= 0.6 is 0 Å². The average Bonchev–Trinajstić information content (AvgIpc) is 3.03. The van der Waals surface area contributed by atoms with E-state index in [1.807, 2.05) is 25.1 Å². The van der Waals surface area contributed by atoms with Gasteiger partial charge in [0.2, 0.25) is 0 Å². The molecule has 0 bridgehead atoms. The van der Waals surface area contributed by atoms with Crippen molar-refractivity contribution in [2.24, 2.45) is 0 Å². The van der Waals surface area contributed by atoms with E-state index in [1.54, 1.807) is 12.3 Å². The maximum Gasteiger partial charge on any atom is 0.143 e. The summed E-state index contributed by atoms with van der Waals surface area (Å²) in [6.45, 7) is 6.30. The Labute approximate surface area is 152 Å². The molecule has 0 spiro atoms. The first-order chi connectivity index (χ1) is 13.0. The SMILES string of the molecule is [2H]C([2H])([2H])c1cc2cc(C)cc(-c3nccc4cc(C(C)(C)C)ccc34)c2o1. The standard InChI is InChI=1S/C23H23NO/c1-14-10-17-12-15(2)25-22(17)20(11-14)21-19-7-6-18(23(3,4)5)13-16(19)8-9-24-21/h6-13H,1-5H3/i2D3. The molecule has 25 heavy (non-hydrogen) atoms. The summed E-state index contributed by atoms with van der Waals surface area (Å²) in [5, 5.41) is 2.91. The molecule has 2 nitrogen and oxygen atoms in total. The minimum atomic E-state index is -2.28. The van der Waals surface area contributed by atoms with Gasteiger partial charge in [-0.05, 0) is 60.0 Å². The second kappa shape index (κ2) is 5.45. The summed E-state index contributed by atoms with van der Waals surface area (Å²) < 4.78 is 28.8. The Bertz CT molecular complexity index is 1200. The monoisotopic (exact) mass is 332 g/mol. The molecule has 0 fully saturated rings. The second-order valence-electron chi connectivity index (χ2n) is 7.69. The van der Waals surface area contributed by atoms with Gasteiger partial charge in [0.1, 0.15) is 11.3 Å². The largest absolute Gasteiger partial charge is 0.461 e. The Morgan fingerprint density at radius 1 is 1.00 bits per heavy atom. The van der Waals surface area contributed by atoms with Gasteiger partial charge in [0.25, 0.3) is 0 Å². The van der Waals surface area contributed by atoms with Gasteiger partial charge >= 0.3 is 0 Å². The quantitative estimate of drug-likeness (QED) is 0.394. The topological polar surface area (TPSA) is 26.0 Å². The van der Waals surface area contributed by atoms with Crippen molar-refractivity contribution in [1.29, 1.82) is 0 Å². The first-order valence-corrected chi connectivity index (χ1v) is 8.48. The number of rotatable bonds is 1. The first-order valence-electron chi connectivity index (χ1n) is 9.98. The molecule has 0 aliphatic heterocycles. The predicted octanol–water partition coefficient (Wildman–Crippen LogP) is 6.56. The number of furan rings is 1. The number of pyridine rings is 1. The number of nitrogens with zero attached hydrogens (tertiary/aromatic N) is 1. The second-order valence-corrected chi connectivity index (χ2v) is 7.69. The number of benzene rings is 2. The van der Waals surface area contributed by atoms with Crippen LogP contribution in [0, 0.1) is 13.8 Å². The fourth-order valence-corrected chi connectivity index (χ4v) is 3.34. The highest BCUT2D eigenvalue weighted by atomic mass is 16.3. The molecule has 2 aromatic heterocycles. The summed E-state index contributed by atoms with van der Waals surface area (Å²) in [5.41, 5.74) is 4.54. The van der Waals surface area contributed by atoms with E-state index in [1.165, 1.54) is 5.56 Å². The average molecular weight is 332 g/mol. The number of hydrogen-bond acceptors (Lipinski definition) is 2. The summed E-state index contributed by atoms with van der Waals surface area (Å²) in [4.78, 5) is 4.63. The van der Waals surface area contributed by atoms with Crippen molar-refractivity contribution in [3.05, 3.63) is 65.5 Å². The summed E-state index contributed by atoms with van der Waals surface area (Å²) >= 11 is 0. The predicted molar refractivity (Wildman–Crippen MR) is 105 cm³/mol. The van der Waals surface area contributed by atoms with Crippen LogP contribution in [0.4, 0.5) is 0 Å². The minimum Gasteiger partial charge on any atom is -0.461 e. The van der Waals surface area contributed by atoms with Crippen molar-refractivity contribution in [1.82, 2.24) is 4.98 Å². The fourth-order valence-electron chi connectivity index (χ4n) is 3.34. The van der Waals surface area contributed by atoms with Crippen LogP contribution in [0.15, 0.2) is 53.1 Å². The maximum atomic E-state index is 7.67. The molecule has 4 aromatic rings. The number of fused-ring (bicyclic) bond motifs is 2. The molecule has 2 heteroatoms. The number of aryl methyl sites for hydroxylation is 2. The van der Waals surface area contributed by atoms with Crippen molar-refractivity contribution < 1.29 is 8.53 Å². The molecular formula is C23H23NO. The lowest BCUT2D eigenvalue weighted by atomic mass is 9.85. The van der Waals surface area contributed by atoms with Crippen LogP contribution in [-0.4, -0.2) is 4.98 Å². The van der Waals surface area contributed by atoms with E-state index < -0.39 is 6.85 Å². The van der Waals surface area contributed by atoms with Crippen LogP contribution in [0.3, 0.4) is 0 Å². The van der Waals surface area contributed by atoms with Crippen LogP contribution in [0.25, 0.3) is 33.0 Å². The molecule has 0 saturated carbocycles. The van der Waals surface area contributed by atoms with E-state index in [2.05, 4.69) is 44.0 Å². The zero-order chi connectivity index (χ0) is 20.3. The Balaban J connectivity index is 2.00. The Kier molecular flexibility index (Phi) is 2.77.